The van der Waals surface area contributed by atoms with Gasteiger partial charge in [-0.3, -0.25) is 18.6 Å². The number of esters is 2. The molecule has 4 N–H and O–H groups in total. The van der Waals surface area contributed by atoms with E-state index >= 15 is 0 Å². The van der Waals surface area contributed by atoms with Crippen molar-refractivity contribution >= 4 is 19.8 Å². The Morgan fingerprint density at radius 2 is 1.39 bits per heavy atom. The van der Waals surface area contributed by atoms with Gasteiger partial charge in [-0.05, 0) is 82.8 Å². The van der Waals surface area contributed by atoms with Gasteiger partial charge in [0.05, 0.1) is 19.3 Å². The first-order valence-electron chi connectivity index (χ1n) is 21.6. The van der Waals surface area contributed by atoms with E-state index in [1.54, 1.807) is 6.08 Å². The molecule has 3 atom stereocenters. The lowest BCUT2D eigenvalue weighted by molar-refractivity contribution is -0.161. The van der Waals surface area contributed by atoms with Crippen molar-refractivity contribution in [1.29, 1.82) is 0 Å². The van der Waals surface area contributed by atoms with Gasteiger partial charge in [-0.15, -0.1) is 0 Å². The highest BCUT2D eigenvalue weighted by Gasteiger charge is 2.26. The van der Waals surface area contributed by atoms with Crippen LogP contribution in [0.15, 0.2) is 53.0 Å². The zero-order valence-corrected chi connectivity index (χ0v) is 36.5. The molecular weight excluding hydrogens is 745 g/mol. The van der Waals surface area contributed by atoms with Crippen LogP contribution in [0.4, 0.5) is 0 Å². The number of phosphoric acid groups is 1. The Labute approximate surface area is 344 Å². The van der Waals surface area contributed by atoms with E-state index in [1.807, 2.05) is 36.5 Å². The minimum Gasteiger partial charge on any atom is -0.466 e. The van der Waals surface area contributed by atoms with Crippen LogP contribution in [0.3, 0.4) is 0 Å². The maximum Gasteiger partial charge on any atom is 0.472 e. The average molecular weight is 822 g/mol. The van der Waals surface area contributed by atoms with Gasteiger partial charge in [0.2, 0.25) is 0 Å². The number of aliphatic hydroxyl groups is 1. The minimum absolute atomic E-state index is 0.0287. The van der Waals surface area contributed by atoms with Crippen molar-refractivity contribution in [3.8, 4) is 0 Å². The van der Waals surface area contributed by atoms with E-state index in [2.05, 4.69) is 33.8 Å². The first-order valence-corrected chi connectivity index (χ1v) is 23.1. The molecule has 0 saturated heterocycles. The van der Waals surface area contributed by atoms with Crippen molar-refractivity contribution in [2.24, 2.45) is 5.73 Å². The molecule has 0 aromatic carbocycles. The molecule has 0 fully saturated rings. The third-order valence-electron chi connectivity index (χ3n) is 9.47. The molecule has 0 aliphatic heterocycles. The van der Waals surface area contributed by atoms with Gasteiger partial charge in [-0.25, -0.2) is 4.57 Å². The van der Waals surface area contributed by atoms with E-state index in [9.17, 15) is 24.2 Å². The number of unbranched alkanes of at least 4 members (excludes halogenated alkanes) is 11. The number of aliphatic hydroxyl groups excluding tert-OH is 1. The van der Waals surface area contributed by atoms with Crippen LogP contribution in [0.25, 0.3) is 0 Å². The number of phosphoric ester groups is 1. The monoisotopic (exact) mass is 822 g/mol. The van der Waals surface area contributed by atoms with Crippen LogP contribution in [-0.2, 0) is 45.5 Å². The summed E-state index contributed by atoms with van der Waals surface area (Å²) in [7, 11) is -4.42. The number of aryl methyl sites for hydroxylation is 2. The van der Waals surface area contributed by atoms with Crippen LogP contribution in [0.5, 0.6) is 0 Å². The molecule has 0 aliphatic rings. The number of allylic oxidation sites excluding steroid dienone is 6. The topological polar surface area (TPSA) is 168 Å². The van der Waals surface area contributed by atoms with Crippen molar-refractivity contribution in [2.75, 3.05) is 26.4 Å². The van der Waals surface area contributed by atoms with Crippen LogP contribution in [0.1, 0.15) is 158 Å². The highest BCUT2D eigenvalue weighted by molar-refractivity contribution is 7.47. The van der Waals surface area contributed by atoms with Gasteiger partial charge in [-0.2, -0.15) is 0 Å². The second-order valence-corrected chi connectivity index (χ2v) is 16.1. The van der Waals surface area contributed by atoms with E-state index in [0.717, 1.165) is 75.7 Å². The Kier molecular flexibility index (Phi) is 31.3. The number of hydrogen-bond acceptors (Lipinski definition) is 10. The number of hydrogen-bond donors (Lipinski definition) is 3. The molecule has 326 valence electrons. The summed E-state index contributed by atoms with van der Waals surface area (Å²) in [6.45, 7) is 7.74. The van der Waals surface area contributed by atoms with Crippen molar-refractivity contribution in [1.82, 2.24) is 0 Å². The second-order valence-electron chi connectivity index (χ2n) is 14.6. The molecule has 1 unspecified atom stereocenters. The molecule has 0 saturated carbocycles. The predicted molar refractivity (Wildman–Crippen MR) is 229 cm³/mol. The molecule has 1 heterocycles. The lowest BCUT2D eigenvalue weighted by Gasteiger charge is -2.19. The summed E-state index contributed by atoms with van der Waals surface area (Å²) in [6, 6.07) is 0. The third-order valence-corrected chi connectivity index (χ3v) is 10.5. The van der Waals surface area contributed by atoms with Crippen molar-refractivity contribution < 1.29 is 47.1 Å². The minimum atomic E-state index is -4.42. The second kappa shape index (κ2) is 34.1. The molecule has 11 nitrogen and oxygen atoms in total. The van der Waals surface area contributed by atoms with Crippen molar-refractivity contribution in [3.63, 3.8) is 0 Å². The predicted octanol–water partition coefficient (Wildman–Crippen LogP) is 10.6. The zero-order chi connectivity index (χ0) is 42.0. The summed E-state index contributed by atoms with van der Waals surface area (Å²) in [6.07, 6.45) is 33.1. The number of nitrogens with two attached hydrogens (primary N) is 1. The highest BCUT2D eigenvalue weighted by Crippen LogP contribution is 2.43. The van der Waals surface area contributed by atoms with Gasteiger partial charge in [0, 0.05) is 32.2 Å². The van der Waals surface area contributed by atoms with Gasteiger partial charge in [0.25, 0.3) is 0 Å². The van der Waals surface area contributed by atoms with Crippen LogP contribution < -0.4 is 5.73 Å². The SMILES string of the molecule is CCCCC/C=C\C[C@@H](O)/C=C/C=C\C/C=C\CCCC(=O)OC[C@H](COP(=O)(O)OCCN)OC(=O)CCCCCCCCCCc1oc(CCC)c(C)c1C. The Morgan fingerprint density at radius 1 is 0.737 bits per heavy atom. The summed E-state index contributed by atoms with van der Waals surface area (Å²) in [4.78, 5) is 34.9. The summed E-state index contributed by atoms with van der Waals surface area (Å²) in [5, 5.41) is 10.0. The summed E-state index contributed by atoms with van der Waals surface area (Å²) in [5.41, 5.74) is 7.95. The molecular formula is C45H76NO10P. The number of furan rings is 1. The largest absolute Gasteiger partial charge is 0.472 e. The van der Waals surface area contributed by atoms with Crippen molar-refractivity contribution in [2.45, 2.75) is 175 Å². The van der Waals surface area contributed by atoms with Gasteiger partial charge >= 0.3 is 19.8 Å². The van der Waals surface area contributed by atoms with E-state index in [4.69, 9.17) is 28.7 Å². The summed E-state index contributed by atoms with van der Waals surface area (Å²) < 4.78 is 38.8. The number of carbonyl (C=O) groups excluding carboxylic acids is 2. The van der Waals surface area contributed by atoms with Crippen LogP contribution >= 0.6 is 7.82 Å². The Hall–Kier alpha value is -2.79. The molecule has 0 aliphatic carbocycles. The third kappa shape index (κ3) is 28.3. The molecule has 1 aromatic rings. The number of rotatable bonds is 36. The van der Waals surface area contributed by atoms with Gasteiger partial charge < -0.3 is 29.6 Å². The fourth-order valence-electron chi connectivity index (χ4n) is 5.99. The Balaban J connectivity index is 2.32. The van der Waals surface area contributed by atoms with Gasteiger partial charge in [-0.1, -0.05) is 114 Å². The molecule has 12 heteroatoms. The molecule has 0 amide bonds. The van der Waals surface area contributed by atoms with Crippen molar-refractivity contribution in [3.05, 3.63) is 71.3 Å². The lowest BCUT2D eigenvalue weighted by Crippen LogP contribution is -2.29. The molecule has 0 radical (unpaired) electrons. The first kappa shape index (κ1) is 52.2. The van der Waals surface area contributed by atoms with Crippen LogP contribution in [0.2, 0.25) is 0 Å². The summed E-state index contributed by atoms with van der Waals surface area (Å²) in [5.74, 6) is 1.31. The molecule has 1 rings (SSSR count). The fourth-order valence-corrected chi connectivity index (χ4v) is 6.76. The standard InChI is InChI=1S/C45H76NO10P/c1-5-7-8-9-18-23-29-40(47)30-24-19-14-10-12-16-21-26-32-44(48)52-36-41(37-54-57(50,51)53-35-34-46)55-45(49)33-27-22-17-13-11-15-20-25-31-43-39(4)38(3)42(56-43)28-6-2/h12,14,16,18-19,23-24,30,40-41,47H,5-11,13,15,17,20-22,25-29,31-37,46H2,1-4H3,(H,50,51)/b16-12-,19-14-,23-18-,30-24+/t40-,41-/m1/s1. The molecule has 57 heavy (non-hydrogen) atoms. The number of ether oxygens (including phenoxy) is 2. The van der Waals surface area contributed by atoms with Crippen LogP contribution in [-0.4, -0.2) is 60.5 Å². The Bertz CT molecular complexity index is 1370. The van der Waals surface area contributed by atoms with E-state index < -0.39 is 38.6 Å². The average Bonchev–Trinajstić information content (AvgIpc) is 3.45. The zero-order valence-electron chi connectivity index (χ0n) is 35.6. The fraction of sp³-hybridized carbons (Fsp3) is 0.689. The van der Waals surface area contributed by atoms with Gasteiger partial charge in [0.15, 0.2) is 6.10 Å². The quantitative estimate of drug-likeness (QED) is 0.0194. The first-order chi connectivity index (χ1) is 27.5. The number of carbonyl (C=O) groups is 2. The van der Waals surface area contributed by atoms with Gasteiger partial charge in [0.1, 0.15) is 18.1 Å². The smallest absolute Gasteiger partial charge is 0.466 e. The lowest BCUT2D eigenvalue weighted by atomic mass is 10.0. The maximum atomic E-state index is 12.6. The Morgan fingerprint density at radius 3 is 2.09 bits per heavy atom. The van der Waals surface area contributed by atoms with E-state index in [1.165, 1.54) is 43.2 Å². The van der Waals surface area contributed by atoms with E-state index in [-0.39, 0.29) is 32.6 Å². The van der Waals surface area contributed by atoms with E-state index in [0.29, 0.717) is 25.7 Å². The molecule has 0 bridgehead atoms. The normalized spacial score (nSPS) is 14.3. The highest BCUT2D eigenvalue weighted by atomic mass is 31.2. The van der Waals surface area contributed by atoms with Crippen LogP contribution in [0, 0.1) is 13.8 Å². The molecule has 0 spiro atoms. The molecule has 1 aromatic heterocycles. The maximum absolute atomic E-state index is 12.6. The summed E-state index contributed by atoms with van der Waals surface area (Å²) >= 11 is 0.